The van der Waals surface area contributed by atoms with Crippen LogP contribution in [0.4, 0.5) is 18.0 Å². The Kier molecular flexibility index (Phi) is 6.88. The van der Waals surface area contributed by atoms with Crippen LogP contribution in [-0.4, -0.2) is 35.4 Å². The summed E-state index contributed by atoms with van der Waals surface area (Å²) in [5.74, 6) is 0.430. The smallest absolute Gasteiger partial charge is 0.407 e. The van der Waals surface area contributed by atoms with Crippen molar-refractivity contribution in [3.63, 3.8) is 0 Å². The van der Waals surface area contributed by atoms with Gasteiger partial charge in [-0.3, -0.25) is 0 Å². The summed E-state index contributed by atoms with van der Waals surface area (Å²) in [6.07, 6.45) is -5.47. The van der Waals surface area contributed by atoms with Crippen LogP contribution in [-0.2, 0) is 4.74 Å². The molecule has 1 atom stereocenters. The zero-order valence-corrected chi connectivity index (χ0v) is 11.9. The lowest BCUT2D eigenvalue weighted by Crippen LogP contribution is -2.38. The molecule has 0 aliphatic heterocycles. The molecule has 0 saturated carbocycles. The summed E-state index contributed by atoms with van der Waals surface area (Å²) in [4.78, 5) is 11.3. The van der Waals surface area contributed by atoms with E-state index in [-0.39, 0.29) is 11.8 Å². The van der Waals surface area contributed by atoms with E-state index in [0.29, 0.717) is 5.75 Å². The van der Waals surface area contributed by atoms with Crippen LogP contribution in [0.2, 0.25) is 0 Å². The fourth-order valence-corrected chi connectivity index (χ4v) is 1.98. The number of hydrogen-bond donors (Lipinski definition) is 1. The van der Waals surface area contributed by atoms with Gasteiger partial charge in [0.2, 0.25) is 0 Å². The Morgan fingerprint density at radius 3 is 2.33 bits per heavy atom. The van der Waals surface area contributed by atoms with Gasteiger partial charge in [-0.1, -0.05) is 0 Å². The molecule has 1 N–H and O–H groups in total. The number of nitrogens with one attached hydrogen (secondary N) is 1. The molecule has 3 nitrogen and oxygen atoms in total. The molecule has 1 amide bonds. The zero-order chi connectivity index (χ0) is 14.4. The maximum Gasteiger partial charge on any atom is 0.407 e. The number of carbonyl (C=O) groups is 1. The number of hydrogen-bond acceptors (Lipinski definition) is 3. The van der Waals surface area contributed by atoms with Crippen molar-refractivity contribution < 1.29 is 22.7 Å². The largest absolute Gasteiger partial charge is 0.444 e. The summed E-state index contributed by atoms with van der Waals surface area (Å²) >= 11 is 1.16. The van der Waals surface area contributed by atoms with Crippen LogP contribution in [0.1, 0.15) is 34.1 Å². The minimum Gasteiger partial charge on any atom is -0.444 e. The highest BCUT2D eigenvalue weighted by Crippen LogP contribution is 2.22. The standard InChI is InChI=1S/C11H20F3NO2S/c1-8(7-18-6-5-11(12,13)14)15-9(16)17-10(2,3)4/h8H,5-7H2,1-4H3,(H,15,16)/t8-/m1/s1. The van der Waals surface area contributed by atoms with Gasteiger partial charge >= 0.3 is 12.3 Å². The van der Waals surface area contributed by atoms with Gasteiger partial charge in [0.15, 0.2) is 0 Å². The number of ether oxygens (including phenoxy) is 1. The molecule has 0 rings (SSSR count). The van der Waals surface area contributed by atoms with Crippen molar-refractivity contribution >= 4 is 17.9 Å². The van der Waals surface area contributed by atoms with Gasteiger partial charge in [0.1, 0.15) is 5.60 Å². The van der Waals surface area contributed by atoms with Crippen molar-refractivity contribution in [3.05, 3.63) is 0 Å². The lowest BCUT2D eigenvalue weighted by Gasteiger charge is -2.21. The molecule has 0 aliphatic carbocycles. The highest BCUT2D eigenvalue weighted by atomic mass is 32.2. The van der Waals surface area contributed by atoms with E-state index in [1.807, 2.05) is 0 Å². The average molecular weight is 287 g/mol. The molecule has 0 fully saturated rings. The van der Waals surface area contributed by atoms with E-state index in [0.717, 1.165) is 11.8 Å². The maximum atomic E-state index is 11.9. The van der Waals surface area contributed by atoms with Crippen LogP contribution in [0.3, 0.4) is 0 Å². The molecule has 18 heavy (non-hydrogen) atoms. The minimum atomic E-state index is -4.12. The first-order chi connectivity index (χ1) is 7.99. The molecule has 0 spiro atoms. The Morgan fingerprint density at radius 1 is 1.33 bits per heavy atom. The lowest BCUT2D eigenvalue weighted by molar-refractivity contribution is -0.129. The SMILES string of the molecule is C[C@H](CSCCC(F)(F)F)NC(=O)OC(C)(C)C. The third-order valence-corrected chi connectivity index (χ3v) is 2.89. The second-order valence-electron chi connectivity index (χ2n) is 4.99. The van der Waals surface area contributed by atoms with Crippen molar-refractivity contribution in [2.45, 2.75) is 51.9 Å². The van der Waals surface area contributed by atoms with Crippen LogP contribution >= 0.6 is 11.8 Å². The summed E-state index contributed by atoms with van der Waals surface area (Å²) in [7, 11) is 0. The van der Waals surface area contributed by atoms with Crippen molar-refractivity contribution in [1.29, 1.82) is 0 Å². The van der Waals surface area contributed by atoms with Crippen molar-refractivity contribution in [2.24, 2.45) is 0 Å². The second-order valence-corrected chi connectivity index (χ2v) is 6.14. The Bertz CT molecular complexity index is 264. The summed E-state index contributed by atoms with van der Waals surface area (Å²) in [6, 6.07) is -0.224. The third kappa shape index (κ3) is 11.9. The number of rotatable bonds is 5. The molecule has 0 aliphatic rings. The number of thioether (sulfide) groups is 1. The van der Waals surface area contributed by atoms with E-state index >= 15 is 0 Å². The highest BCUT2D eigenvalue weighted by Gasteiger charge is 2.26. The monoisotopic (exact) mass is 287 g/mol. The normalized spacial score (nSPS) is 14.2. The molecular formula is C11H20F3NO2S. The summed E-state index contributed by atoms with van der Waals surface area (Å²) in [6.45, 7) is 6.96. The Morgan fingerprint density at radius 2 is 1.89 bits per heavy atom. The molecule has 108 valence electrons. The number of halogens is 3. The van der Waals surface area contributed by atoms with Crippen LogP contribution in [0, 0.1) is 0 Å². The topological polar surface area (TPSA) is 38.3 Å². The molecule has 0 unspecified atom stereocenters. The molecule has 0 aromatic heterocycles. The molecule has 0 aromatic carbocycles. The fourth-order valence-electron chi connectivity index (χ4n) is 0.998. The quantitative estimate of drug-likeness (QED) is 0.785. The predicted octanol–water partition coefficient (Wildman–Crippen LogP) is 3.59. The first kappa shape index (κ1) is 17.4. The van der Waals surface area contributed by atoms with Crippen molar-refractivity contribution in [1.82, 2.24) is 5.32 Å². The summed E-state index contributed by atoms with van der Waals surface area (Å²) in [5, 5.41) is 2.57. The van der Waals surface area contributed by atoms with Gasteiger partial charge in [0.05, 0.1) is 6.42 Å². The van der Waals surface area contributed by atoms with Gasteiger partial charge in [0, 0.05) is 17.5 Å². The van der Waals surface area contributed by atoms with E-state index in [1.54, 1.807) is 27.7 Å². The van der Waals surface area contributed by atoms with Gasteiger partial charge in [-0.25, -0.2) is 4.79 Å². The molecule has 7 heteroatoms. The Labute approximate surface area is 110 Å². The first-order valence-electron chi connectivity index (χ1n) is 5.63. The van der Waals surface area contributed by atoms with Crippen LogP contribution < -0.4 is 5.32 Å². The van der Waals surface area contributed by atoms with Crippen LogP contribution in [0.25, 0.3) is 0 Å². The molecule has 0 radical (unpaired) electrons. The number of amides is 1. The van der Waals surface area contributed by atoms with Gasteiger partial charge in [-0.05, 0) is 27.7 Å². The third-order valence-electron chi connectivity index (χ3n) is 1.66. The van der Waals surface area contributed by atoms with Gasteiger partial charge < -0.3 is 10.1 Å². The average Bonchev–Trinajstić information content (AvgIpc) is 2.07. The molecular weight excluding hydrogens is 267 g/mol. The fraction of sp³-hybridized carbons (Fsp3) is 0.909. The first-order valence-corrected chi connectivity index (χ1v) is 6.79. The molecule has 0 bridgehead atoms. The molecule has 0 aromatic rings. The molecule has 0 saturated heterocycles. The number of carbonyl (C=O) groups excluding carboxylic acids is 1. The van der Waals surface area contributed by atoms with Gasteiger partial charge in [-0.15, -0.1) is 0 Å². The van der Waals surface area contributed by atoms with Crippen LogP contribution in [0.5, 0.6) is 0 Å². The van der Waals surface area contributed by atoms with Crippen LogP contribution in [0.15, 0.2) is 0 Å². The van der Waals surface area contributed by atoms with E-state index in [4.69, 9.17) is 4.74 Å². The number of alkyl carbamates (subject to hydrolysis) is 1. The summed E-state index contributed by atoms with van der Waals surface area (Å²) < 4.78 is 40.6. The van der Waals surface area contributed by atoms with Crippen molar-refractivity contribution in [2.75, 3.05) is 11.5 Å². The van der Waals surface area contributed by atoms with Gasteiger partial charge in [-0.2, -0.15) is 24.9 Å². The Balaban J connectivity index is 3.72. The summed E-state index contributed by atoms with van der Waals surface area (Å²) in [5.41, 5.74) is -0.576. The maximum absolute atomic E-state index is 11.9. The van der Waals surface area contributed by atoms with E-state index in [9.17, 15) is 18.0 Å². The highest BCUT2D eigenvalue weighted by molar-refractivity contribution is 7.99. The van der Waals surface area contributed by atoms with E-state index in [1.165, 1.54) is 0 Å². The van der Waals surface area contributed by atoms with E-state index in [2.05, 4.69) is 5.32 Å². The lowest BCUT2D eigenvalue weighted by atomic mass is 10.2. The zero-order valence-electron chi connectivity index (χ0n) is 11.1. The minimum absolute atomic E-state index is 0.00381. The van der Waals surface area contributed by atoms with Crippen molar-refractivity contribution in [3.8, 4) is 0 Å². The number of alkyl halides is 3. The van der Waals surface area contributed by atoms with Gasteiger partial charge in [0.25, 0.3) is 0 Å². The second kappa shape index (κ2) is 7.11. The molecule has 0 heterocycles. The van der Waals surface area contributed by atoms with E-state index < -0.39 is 24.3 Å². The predicted molar refractivity (Wildman–Crippen MR) is 66.8 cm³/mol. The Hall–Kier alpha value is -0.590.